The van der Waals surface area contributed by atoms with Crippen molar-refractivity contribution in [1.82, 2.24) is 0 Å². The minimum Gasteiger partial charge on any atom is -0.480 e. The van der Waals surface area contributed by atoms with E-state index in [0.29, 0.717) is 5.75 Å². The quantitative estimate of drug-likeness (QED) is 0.682. The molecule has 5 nitrogen and oxygen atoms in total. The molecule has 22 heavy (non-hydrogen) atoms. The molecular formula is C16H24N2O3S. The van der Waals surface area contributed by atoms with Crippen molar-refractivity contribution in [3.8, 4) is 0 Å². The summed E-state index contributed by atoms with van der Waals surface area (Å²) in [4.78, 5) is 10.7. The van der Waals surface area contributed by atoms with Crippen molar-refractivity contribution < 1.29 is 14.1 Å². The molecule has 6 heteroatoms. The van der Waals surface area contributed by atoms with Gasteiger partial charge in [0.25, 0.3) is 0 Å². The van der Waals surface area contributed by atoms with E-state index in [4.69, 9.17) is 15.6 Å². The number of rotatable bonds is 8. The first-order valence-corrected chi connectivity index (χ1v) is 9.52. The summed E-state index contributed by atoms with van der Waals surface area (Å²) in [5.41, 5.74) is 6.74. The minimum absolute atomic E-state index is 0.0554. The van der Waals surface area contributed by atoms with E-state index >= 15 is 0 Å². The third-order valence-electron chi connectivity index (χ3n) is 4.68. The van der Waals surface area contributed by atoms with E-state index in [1.54, 1.807) is 0 Å². The molecule has 0 bridgehead atoms. The molecule has 0 saturated heterocycles. The maximum atomic E-state index is 12.3. The van der Waals surface area contributed by atoms with Gasteiger partial charge in [0, 0.05) is 21.2 Å². The highest BCUT2D eigenvalue weighted by molar-refractivity contribution is 7.92. The summed E-state index contributed by atoms with van der Waals surface area (Å²) in [5.74, 6) is -0.727. The lowest BCUT2D eigenvalue weighted by atomic mass is 9.63. The van der Waals surface area contributed by atoms with Crippen LogP contribution in [0.1, 0.15) is 37.7 Å². The van der Waals surface area contributed by atoms with E-state index in [1.165, 1.54) is 5.56 Å². The lowest BCUT2D eigenvalue weighted by molar-refractivity contribution is -0.138. The molecule has 0 amide bonds. The van der Waals surface area contributed by atoms with Crippen molar-refractivity contribution in [2.24, 2.45) is 5.73 Å². The zero-order chi connectivity index (χ0) is 16.2. The third kappa shape index (κ3) is 4.08. The molecule has 0 spiro atoms. The van der Waals surface area contributed by atoms with E-state index in [2.05, 4.69) is 12.1 Å². The molecule has 2 rings (SSSR count). The second-order valence-electron chi connectivity index (χ2n) is 6.20. The van der Waals surface area contributed by atoms with Crippen LogP contribution < -0.4 is 5.73 Å². The first kappa shape index (κ1) is 17.0. The van der Waals surface area contributed by atoms with Crippen LogP contribution in [0.4, 0.5) is 0 Å². The van der Waals surface area contributed by atoms with Gasteiger partial charge in [0.15, 0.2) is 0 Å². The fourth-order valence-corrected chi connectivity index (χ4v) is 4.54. The number of nitrogens with one attached hydrogen (secondary N) is 1. The van der Waals surface area contributed by atoms with Crippen LogP contribution in [0.3, 0.4) is 0 Å². The SMILES string of the molecule is N=S(=O)(CC[C@H](N)C(=O)O)CCC1(c2ccccc2)CCC1. The number of carbonyl (C=O) groups is 1. The lowest BCUT2D eigenvalue weighted by Gasteiger charge is -2.43. The zero-order valence-electron chi connectivity index (χ0n) is 12.7. The van der Waals surface area contributed by atoms with Gasteiger partial charge in [-0.25, -0.2) is 4.21 Å². The Morgan fingerprint density at radius 1 is 1.32 bits per heavy atom. The molecule has 1 unspecified atom stereocenters. The van der Waals surface area contributed by atoms with Gasteiger partial charge in [-0.2, -0.15) is 0 Å². The molecule has 1 aromatic carbocycles. The van der Waals surface area contributed by atoms with Gasteiger partial charge >= 0.3 is 5.97 Å². The summed E-state index contributed by atoms with van der Waals surface area (Å²) in [6, 6.07) is 9.18. The fraction of sp³-hybridized carbons (Fsp3) is 0.562. The summed E-state index contributed by atoms with van der Waals surface area (Å²) in [6.07, 6.45) is 4.12. The van der Waals surface area contributed by atoms with Crippen molar-refractivity contribution in [3.05, 3.63) is 35.9 Å². The first-order valence-electron chi connectivity index (χ1n) is 7.63. The summed E-state index contributed by atoms with van der Waals surface area (Å²) in [7, 11) is -2.77. The van der Waals surface area contributed by atoms with E-state index in [-0.39, 0.29) is 17.6 Å². The maximum absolute atomic E-state index is 12.3. The Hall–Kier alpha value is -1.40. The monoisotopic (exact) mass is 324 g/mol. The van der Waals surface area contributed by atoms with Crippen molar-refractivity contribution >= 4 is 15.7 Å². The van der Waals surface area contributed by atoms with Crippen LogP contribution >= 0.6 is 0 Å². The molecule has 0 radical (unpaired) electrons. The molecule has 1 aromatic rings. The van der Waals surface area contributed by atoms with Crippen molar-refractivity contribution in [3.63, 3.8) is 0 Å². The van der Waals surface area contributed by atoms with Gasteiger partial charge in [0.1, 0.15) is 6.04 Å². The van der Waals surface area contributed by atoms with Gasteiger partial charge in [-0.05, 0) is 36.7 Å². The molecule has 4 N–H and O–H groups in total. The molecule has 122 valence electrons. The topological polar surface area (TPSA) is 104 Å². The second kappa shape index (κ2) is 6.79. The number of nitrogens with two attached hydrogens (primary N) is 1. The van der Waals surface area contributed by atoms with Gasteiger partial charge in [0.2, 0.25) is 0 Å². The molecule has 2 atom stereocenters. The van der Waals surface area contributed by atoms with Gasteiger partial charge in [-0.3, -0.25) is 9.57 Å². The number of benzene rings is 1. The first-order chi connectivity index (χ1) is 10.3. The zero-order valence-corrected chi connectivity index (χ0v) is 13.5. The third-order valence-corrected chi connectivity index (χ3v) is 6.44. The summed E-state index contributed by atoms with van der Waals surface area (Å²) in [6.45, 7) is 0. The summed E-state index contributed by atoms with van der Waals surface area (Å²) >= 11 is 0. The highest BCUT2D eigenvalue weighted by Crippen LogP contribution is 2.46. The highest BCUT2D eigenvalue weighted by Gasteiger charge is 2.38. The Morgan fingerprint density at radius 2 is 1.95 bits per heavy atom. The van der Waals surface area contributed by atoms with Gasteiger partial charge in [-0.1, -0.05) is 36.8 Å². The Balaban J connectivity index is 1.94. The van der Waals surface area contributed by atoms with Crippen LogP contribution in [-0.2, 0) is 19.9 Å². The van der Waals surface area contributed by atoms with Crippen molar-refractivity contribution in [2.45, 2.75) is 43.6 Å². The average Bonchev–Trinajstić information content (AvgIpc) is 2.44. The molecule has 1 saturated carbocycles. The maximum Gasteiger partial charge on any atom is 0.320 e. The second-order valence-corrected chi connectivity index (χ2v) is 8.64. The normalized spacial score (nSPS) is 20.6. The Bertz CT molecular complexity index is 610. The van der Waals surface area contributed by atoms with E-state index < -0.39 is 21.7 Å². The number of aliphatic carboxylic acids is 1. The van der Waals surface area contributed by atoms with Crippen molar-refractivity contribution in [2.75, 3.05) is 11.5 Å². The Morgan fingerprint density at radius 3 is 2.45 bits per heavy atom. The van der Waals surface area contributed by atoms with Gasteiger partial charge < -0.3 is 10.8 Å². The standard InChI is InChI=1S/C16H24N2O3S/c17-14(15(19)20)7-11-22(18,21)12-10-16(8-4-9-16)13-5-2-1-3-6-13/h1-3,5-6,14,18H,4,7-12,17H2,(H,19,20)/t14-,22?/m0/s1. The predicted molar refractivity (Wildman–Crippen MR) is 87.4 cm³/mol. The molecule has 0 aromatic heterocycles. The highest BCUT2D eigenvalue weighted by atomic mass is 32.2. The molecule has 1 aliphatic carbocycles. The predicted octanol–water partition coefficient (Wildman–Crippen LogP) is 2.35. The van der Waals surface area contributed by atoms with Crippen LogP contribution in [0, 0.1) is 4.78 Å². The number of carboxylic acid groups (broad SMARTS) is 1. The Labute approximate surface area is 131 Å². The van der Waals surface area contributed by atoms with Crippen LogP contribution in [0.2, 0.25) is 0 Å². The minimum atomic E-state index is -2.77. The lowest BCUT2D eigenvalue weighted by Crippen LogP contribution is -2.37. The molecule has 0 heterocycles. The largest absolute Gasteiger partial charge is 0.480 e. The molecule has 0 aliphatic heterocycles. The number of hydrogen-bond donors (Lipinski definition) is 3. The van der Waals surface area contributed by atoms with Crippen LogP contribution in [0.5, 0.6) is 0 Å². The van der Waals surface area contributed by atoms with Crippen LogP contribution in [0.25, 0.3) is 0 Å². The summed E-state index contributed by atoms with van der Waals surface area (Å²) < 4.78 is 20.3. The average molecular weight is 324 g/mol. The number of hydrogen-bond acceptors (Lipinski definition) is 4. The smallest absolute Gasteiger partial charge is 0.320 e. The summed E-state index contributed by atoms with van der Waals surface area (Å²) in [5, 5.41) is 8.75. The van der Waals surface area contributed by atoms with E-state index in [1.807, 2.05) is 18.2 Å². The van der Waals surface area contributed by atoms with Crippen LogP contribution in [0.15, 0.2) is 30.3 Å². The number of carboxylic acids is 1. The van der Waals surface area contributed by atoms with Crippen LogP contribution in [-0.4, -0.2) is 32.8 Å². The van der Waals surface area contributed by atoms with E-state index in [0.717, 1.165) is 25.7 Å². The molecular weight excluding hydrogens is 300 g/mol. The molecule has 1 aliphatic rings. The van der Waals surface area contributed by atoms with E-state index in [9.17, 15) is 9.00 Å². The van der Waals surface area contributed by atoms with Crippen molar-refractivity contribution in [1.29, 1.82) is 4.78 Å². The fourth-order valence-electron chi connectivity index (χ4n) is 2.98. The Kier molecular flexibility index (Phi) is 5.24. The van der Waals surface area contributed by atoms with Gasteiger partial charge in [0.05, 0.1) is 0 Å². The van der Waals surface area contributed by atoms with Gasteiger partial charge in [-0.15, -0.1) is 0 Å². The molecule has 1 fully saturated rings.